The normalized spacial score (nSPS) is 10.8. The summed E-state index contributed by atoms with van der Waals surface area (Å²) in [7, 11) is 0. The minimum absolute atomic E-state index is 0.0958. The Morgan fingerprint density at radius 2 is 1.58 bits per heavy atom. The lowest BCUT2D eigenvalue weighted by Gasteiger charge is -2.23. The molecule has 2 aromatic carbocycles. The monoisotopic (exact) mass is 445 g/mol. The summed E-state index contributed by atoms with van der Waals surface area (Å²) < 4.78 is 7.08. The summed E-state index contributed by atoms with van der Waals surface area (Å²) in [6.07, 6.45) is 0.668. The van der Waals surface area contributed by atoms with Gasteiger partial charge in [-0.15, -0.1) is 0 Å². The molecule has 10 nitrogen and oxygen atoms in total. The number of imidazole rings is 1. The number of carbonyl (C=O) groups excluding carboxylic acids is 2. The first kappa shape index (κ1) is 21.6. The van der Waals surface area contributed by atoms with E-state index in [0.29, 0.717) is 0 Å². The number of aliphatic carboxylic acids is 1. The molecule has 0 unspecified atom stereocenters. The SMILES string of the molecule is CC(=O)N(C(=O)OC(c1ccccc1)c1ccccc1)c1ncnc2c1ncn2CC(=O)O. The number of amides is 2. The summed E-state index contributed by atoms with van der Waals surface area (Å²) in [5, 5.41) is 9.08. The van der Waals surface area contributed by atoms with Crippen LogP contribution < -0.4 is 4.90 Å². The maximum Gasteiger partial charge on any atom is 0.423 e. The van der Waals surface area contributed by atoms with Crippen molar-refractivity contribution in [2.45, 2.75) is 19.6 Å². The van der Waals surface area contributed by atoms with Crippen molar-refractivity contribution >= 4 is 35.0 Å². The number of imide groups is 1. The van der Waals surface area contributed by atoms with E-state index in [1.165, 1.54) is 17.8 Å². The van der Waals surface area contributed by atoms with Gasteiger partial charge in [-0.2, -0.15) is 4.90 Å². The number of fused-ring (bicyclic) bond motifs is 1. The van der Waals surface area contributed by atoms with Gasteiger partial charge in [0.1, 0.15) is 12.9 Å². The number of benzene rings is 2. The molecule has 0 aliphatic carbocycles. The standard InChI is InChI=1S/C23H19N5O5/c1-15(29)28(22-19-21(24-13-25-22)27(14-26-19)12-18(30)31)23(32)33-20(16-8-4-2-5-9-16)17-10-6-3-7-11-17/h2-11,13-14,20H,12H2,1H3,(H,30,31). The van der Waals surface area contributed by atoms with Crippen LogP contribution in [0.3, 0.4) is 0 Å². The summed E-state index contributed by atoms with van der Waals surface area (Å²) in [6, 6.07) is 18.3. The minimum Gasteiger partial charge on any atom is -0.480 e. The summed E-state index contributed by atoms with van der Waals surface area (Å²) in [5.41, 5.74) is 1.71. The number of carboxylic acid groups (broad SMARTS) is 1. The lowest BCUT2D eigenvalue weighted by atomic mass is 10.0. The molecule has 166 valence electrons. The molecule has 0 saturated carbocycles. The quantitative estimate of drug-likeness (QED) is 0.479. The van der Waals surface area contributed by atoms with Gasteiger partial charge in [0.25, 0.3) is 0 Å². The van der Waals surface area contributed by atoms with E-state index in [4.69, 9.17) is 9.84 Å². The first-order chi connectivity index (χ1) is 16.0. The largest absolute Gasteiger partial charge is 0.480 e. The Morgan fingerprint density at radius 3 is 2.12 bits per heavy atom. The third kappa shape index (κ3) is 4.54. The second kappa shape index (κ2) is 9.27. The molecular weight excluding hydrogens is 426 g/mol. The molecule has 10 heteroatoms. The Kier molecular flexibility index (Phi) is 6.07. The number of carboxylic acids is 1. The molecule has 2 aromatic heterocycles. The average molecular weight is 445 g/mol. The van der Waals surface area contributed by atoms with E-state index in [2.05, 4.69) is 15.0 Å². The highest BCUT2D eigenvalue weighted by atomic mass is 16.6. The number of nitrogens with zero attached hydrogens (tertiary/aromatic N) is 5. The van der Waals surface area contributed by atoms with Crippen LogP contribution in [0.5, 0.6) is 0 Å². The van der Waals surface area contributed by atoms with Crippen LogP contribution in [0.15, 0.2) is 73.3 Å². The Balaban J connectivity index is 1.72. The highest BCUT2D eigenvalue weighted by Crippen LogP contribution is 2.29. The molecule has 0 spiro atoms. The summed E-state index contributed by atoms with van der Waals surface area (Å²) in [6.45, 7) is 0.811. The zero-order valence-electron chi connectivity index (χ0n) is 17.5. The molecule has 0 atom stereocenters. The van der Waals surface area contributed by atoms with Crippen molar-refractivity contribution < 1.29 is 24.2 Å². The van der Waals surface area contributed by atoms with Crippen LogP contribution in [-0.2, 0) is 20.9 Å². The van der Waals surface area contributed by atoms with Gasteiger partial charge in [0.2, 0.25) is 5.91 Å². The summed E-state index contributed by atoms with van der Waals surface area (Å²) >= 11 is 0. The molecule has 0 bridgehead atoms. The van der Waals surface area contributed by atoms with Crippen LogP contribution >= 0.6 is 0 Å². The Labute approximate surface area is 188 Å². The van der Waals surface area contributed by atoms with Crippen molar-refractivity contribution in [3.63, 3.8) is 0 Å². The molecule has 0 aliphatic rings. The molecule has 2 heterocycles. The topological polar surface area (TPSA) is 128 Å². The molecule has 0 fully saturated rings. The van der Waals surface area contributed by atoms with Gasteiger partial charge < -0.3 is 14.4 Å². The highest BCUT2D eigenvalue weighted by molar-refractivity contribution is 6.14. The molecule has 1 N–H and O–H groups in total. The third-order valence-electron chi connectivity index (χ3n) is 4.82. The zero-order valence-corrected chi connectivity index (χ0v) is 17.5. The van der Waals surface area contributed by atoms with Crippen molar-refractivity contribution in [3.8, 4) is 0 Å². The van der Waals surface area contributed by atoms with Gasteiger partial charge >= 0.3 is 12.1 Å². The fourth-order valence-electron chi connectivity index (χ4n) is 3.40. The van der Waals surface area contributed by atoms with Gasteiger partial charge in [0.15, 0.2) is 23.1 Å². The van der Waals surface area contributed by atoms with E-state index in [0.717, 1.165) is 22.4 Å². The minimum atomic E-state index is -1.09. The number of hydrogen-bond acceptors (Lipinski definition) is 7. The van der Waals surface area contributed by atoms with Gasteiger partial charge in [-0.25, -0.2) is 19.7 Å². The smallest absolute Gasteiger partial charge is 0.423 e. The van der Waals surface area contributed by atoms with E-state index in [1.807, 2.05) is 60.7 Å². The molecule has 4 aromatic rings. The van der Waals surface area contributed by atoms with E-state index in [1.54, 1.807) is 0 Å². The van der Waals surface area contributed by atoms with Crippen LogP contribution in [0, 0.1) is 0 Å². The Bertz CT molecular complexity index is 1270. The van der Waals surface area contributed by atoms with Crippen molar-refractivity contribution in [2.24, 2.45) is 0 Å². The van der Waals surface area contributed by atoms with E-state index in [9.17, 15) is 14.4 Å². The highest BCUT2D eigenvalue weighted by Gasteiger charge is 2.30. The first-order valence-electron chi connectivity index (χ1n) is 9.94. The van der Waals surface area contributed by atoms with E-state index in [-0.39, 0.29) is 23.5 Å². The van der Waals surface area contributed by atoms with Gasteiger partial charge in [-0.3, -0.25) is 9.59 Å². The fourth-order valence-corrected chi connectivity index (χ4v) is 3.40. The molecule has 0 aliphatic heterocycles. The maximum atomic E-state index is 13.3. The van der Waals surface area contributed by atoms with Crippen LogP contribution in [0.1, 0.15) is 24.2 Å². The average Bonchev–Trinajstić information content (AvgIpc) is 3.21. The van der Waals surface area contributed by atoms with Gasteiger partial charge in [0, 0.05) is 6.92 Å². The summed E-state index contributed by atoms with van der Waals surface area (Å²) in [4.78, 5) is 49.9. The van der Waals surface area contributed by atoms with E-state index >= 15 is 0 Å². The number of hydrogen-bond donors (Lipinski definition) is 1. The second-order valence-electron chi connectivity index (χ2n) is 7.08. The van der Waals surface area contributed by atoms with Crippen LogP contribution in [0.4, 0.5) is 10.6 Å². The molecule has 0 radical (unpaired) electrons. The van der Waals surface area contributed by atoms with Crippen molar-refractivity contribution in [1.82, 2.24) is 19.5 Å². The number of carbonyl (C=O) groups is 3. The van der Waals surface area contributed by atoms with Gasteiger partial charge in [0.05, 0.1) is 6.33 Å². The van der Waals surface area contributed by atoms with Gasteiger partial charge in [-0.05, 0) is 11.1 Å². The molecule has 4 rings (SSSR count). The second-order valence-corrected chi connectivity index (χ2v) is 7.08. The third-order valence-corrected chi connectivity index (χ3v) is 4.82. The van der Waals surface area contributed by atoms with Crippen molar-refractivity contribution in [3.05, 3.63) is 84.4 Å². The lowest BCUT2D eigenvalue weighted by molar-refractivity contribution is -0.137. The molecular formula is C23H19N5O5. The predicted octanol–water partition coefficient (Wildman–Crippen LogP) is 3.19. The van der Waals surface area contributed by atoms with Crippen molar-refractivity contribution in [1.29, 1.82) is 0 Å². The van der Waals surface area contributed by atoms with E-state index < -0.39 is 24.1 Å². The zero-order chi connectivity index (χ0) is 23.4. The Morgan fingerprint density at radius 1 is 0.970 bits per heavy atom. The summed E-state index contributed by atoms with van der Waals surface area (Å²) in [5.74, 6) is -1.83. The number of ether oxygens (including phenoxy) is 1. The van der Waals surface area contributed by atoms with Crippen molar-refractivity contribution in [2.75, 3.05) is 4.90 Å². The first-order valence-corrected chi connectivity index (χ1v) is 9.94. The Hall–Kier alpha value is -4.60. The van der Waals surface area contributed by atoms with Crippen LogP contribution in [0.25, 0.3) is 11.2 Å². The predicted molar refractivity (Wildman–Crippen MR) is 117 cm³/mol. The van der Waals surface area contributed by atoms with Gasteiger partial charge in [-0.1, -0.05) is 60.7 Å². The number of aromatic nitrogens is 4. The molecule has 2 amide bonds. The van der Waals surface area contributed by atoms with Crippen LogP contribution in [0.2, 0.25) is 0 Å². The number of rotatable bonds is 6. The fraction of sp³-hybridized carbons (Fsp3) is 0.130. The lowest BCUT2D eigenvalue weighted by Crippen LogP contribution is -2.37. The maximum absolute atomic E-state index is 13.3. The van der Waals surface area contributed by atoms with Crippen LogP contribution in [-0.4, -0.2) is 42.6 Å². The molecule has 0 saturated heterocycles. The number of anilines is 1. The molecule has 33 heavy (non-hydrogen) atoms.